The largest absolute Gasteiger partial charge is 0.494 e. The van der Waals surface area contributed by atoms with Crippen molar-refractivity contribution in [2.75, 3.05) is 6.61 Å². The predicted molar refractivity (Wildman–Crippen MR) is 82.3 cm³/mol. The monoisotopic (exact) mass is 274 g/mol. The minimum atomic E-state index is 0.559. The number of nitriles is 2. The van der Waals surface area contributed by atoms with Crippen LogP contribution in [0.3, 0.4) is 0 Å². The van der Waals surface area contributed by atoms with Crippen LogP contribution in [0.5, 0.6) is 5.75 Å². The Hall–Kier alpha value is -3.04. The van der Waals surface area contributed by atoms with Gasteiger partial charge in [-0.05, 0) is 48.4 Å². The van der Waals surface area contributed by atoms with Crippen molar-refractivity contribution in [3.63, 3.8) is 0 Å². The molecule has 0 aliphatic heterocycles. The summed E-state index contributed by atoms with van der Waals surface area (Å²) < 4.78 is 5.39. The number of hydrogen-bond acceptors (Lipinski definition) is 3. The summed E-state index contributed by atoms with van der Waals surface area (Å²) >= 11 is 0. The van der Waals surface area contributed by atoms with Crippen LogP contribution in [0.25, 0.3) is 11.6 Å². The van der Waals surface area contributed by atoms with Crippen LogP contribution in [0.2, 0.25) is 0 Å². The van der Waals surface area contributed by atoms with Crippen molar-refractivity contribution in [2.24, 2.45) is 0 Å². The fourth-order valence-electron chi connectivity index (χ4n) is 1.90. The maximum atomic E-state index is 9.30. The highest BCUT2D eigenvalue weighted by Gasteiger charge is 2.02. The van der Waals surface area contributed by atoms with Gasteiger partial charge in [-0.1, -0.05) is 24.3 Å². The molecule has 0 amide bonds. The third kappa shape index (κ3) is 3.72. The molecule has 0 aliphatic rings. The molecule has 0 bridgehead atoms. The average molecular weight is 274 g/mol. The second kappa shape index (κ2) is 6.93. The second-order valence-corrected chi connectivity index (χ2v) is 4.36. The summed E-state index contributed by atoms with van der Waals surface area (Å²) in [7, 11) is 0. The topological polar surface area (TPSA) is 56.8 Å². The quantitative estimate of drug-likeness (QED) is 0.625. The lowest BCUT2D eigenvalue weighted by molar-refractivity contribution is 0.340. The first-order chi connectivity index (χ1) is 10.3. The lowest BCUT2D eigenvalue weighted by Gasteiger charge is -2.03. The summed E-state index contributed by atoms with van der Waals surface area (Å²) in [4.78, 5) is 0. The molecule has 2 aromatic carbocycles. The lowest BCUT2D eigenvalue weighted by Crippen LogP contribution is -1.90. The fourth-order valence-corrected chi connectivity index (χ4v) is 1.90. The van der Waals surface area contributed by atoms with Crippen LogP contribution < -0.4 is 4.74 Å². The van der Waals surface area contributed by atoms with Crippen LogP contribution in [-0.2, 0) is 0 Å². The molecule has 0 spiro atoms. The molecule has 21 heavy (non-hydrogen) atoms. The number of ether oxygens (including phenoxy) is 1. The Balaban J connectivity index is 2.27. The molecule has 0 atom stereocenters. The van der Waals surface area contributed by atoms with E-state index in [0.717, 1.165) is 16.9 Å². The van der Waals surface area contributed by atoms with E-state index in [1.165, 1.54) is 0 Å². The van der Waals surface area contributed by atoms with Crippen molar-refractivity contribution < 1.29 is 4.74 Å². The highest BCUT2D eigenvalue weighted by Crippen LogP contribution is 2.20. The molecule has 0 fully saturated rings. The van der Waals surface area contributed by atoms with Crippen molar-refractivity contribution in [3.05, 3.63) is 65.2 Å². The maximum Gasteiger partial charge on any atom is 0.119 e. The normalized spacial score (nSPS) is 10.5. The highest BCUT2D eigenvalue weighted by atomic mass is 16.5. The smallest absolute Gasteiger partial charge is 0.119 e. The van der Waals surface area contributed by atoms with Gasteiger partial charge in [-0.3, -0.25) is 0 Å². The second-order valence-electron chi connectivity index (χ2n) is 4.36. The zero-order chi connectivity index (χ0) is 15.1. The Labute approximate surface area is 124 Å². The number of hydrogen-bond donors (Lipinski definition) is 0. The number of nitrogens with zero attached hydrogens (tertiary/aromatic N) is 2. The molecular formula is C18H14N2O. The minimum absolute atomic E-state index is 0.559. The summed E-state index contributed by atoms with van der Waals surface area (Å²) in [5.74, 6) is 0.812. The molecule has 2 aromatic rings. The average Bonchev–Trinajstić information content (AvgIpc) is 2.54. The van der Waals surface area contributed by atoms with E-state index in [9.17, 15) is 5.26 Å². The van der Waals surface area contributed by atoms with E-state index in [0.29, 0.717) is 17.7 Å². The van der Waals surface area contributed by atoms with E-state index in [2.05, 4.69) is 12.1 Å². The van der Waals surface area contributed by atoms with Gasteiger partial charge in [0.1, 0.15) is 5.75 Å². The van der Waals surface area contributed by atoms with Crippen LogP contribution in [-0.4, -0.2) is 6.61 Å². The molecular weight excluding hydrogens is 260 g/mol. The SMILES string of the molecule is CCOc1ccc(/C=C(/C#N)c2ccc(C#N)cc2)cc1. The zero-order valence-corrected chi connectivity index (χ0v) is 11.7. The molecule has 3 nitrogen and oxygen atoms in total. The Morgan fingerprint density at radius 2 is 1.71 bits per heavy atom. The first kappa shape index (κ1) is 14.4. The number of rotatable bonds is 4. The van der Waals surface area contributed by atoms with E-state index >= 15 is 0 Å². The molecule has 102 valence electrons. The van der Waals surface area contributed by atoms with Gasteiger partial charge in [0, 0.05) is 0 Å². The van der Waals surface area contributed by atoms with Gasteiger partial charge >= 0.3 is 0 Å². The third-order valence-electron chi connectivity index (χ3n) is 2.95. The first-order valence-electron chi connectivity index (χ1n) is 6.62. The standard InChI is InChI=1S/C18H14N2O/c1-2-21-18-9-5-14(6-10-18)11-17(13-20)16-7-3-15(12-19)4-8-16/h3-11H,2H2,1H3/b17-11-. The highest BCUT2D eigenvalue weighted by molar-refractivity contribution is 5.89. The van der Waals surface area contributed by atoms with Gasteiger partial charge in [-0.25, -0.2) is 0 Å². The molecule has 0 N–H and O–H groups in total. The predicted octanol–water partition coefficient (Wildman–Crippen LogP) is 4.02. The van der Waals surface area contributed by atoms with Gasteiger partial charge in [0.05, 0.1) is 29.9 Å². The van der Waals surface area contributed by atoms with Gasteiger partial charge < -0.3 is 4.74 Å². The summed E-state index contributed by atoms with van der Waals surface area (Å²) in [5, 5.41) is 18.1. The van der Waals surface area contributed by atoms with Gasteiger partial charge in [0.2, 0.25) is 0 Å². The van der Waals surface area contributed by atoms with Crippen molar-refractivity contribution in [3.8, 4) is 17.9 Å². The Morgan fingerprint density at radius 3 is 2.24 bits per heavy atom. The fraction of sp³-hybridized carbons (Fsp3) is 0.111. The summed E-state index contributed by atoms with van der Waals surface area (Å²) in [6, 6.07) is 18.8. The van der Waals surface area contributed by atoms with Crippen molar-refractivity contribution >= 4 is 11.6 Å². The van der Waals surface area contributed by atoms with E-state index in [-0.39, 0.29) is 0 Å². The molecule has 0 heterocycles. The van der Waals surface area contributed by atoms with Crippen molar-refractivity contribution in [1.29, 1.82) is 10.5 Å². The van der Waals surface area contributed by atoms with Crippen LogP contribution in [0.1, 0.15) is 23.6 Å². The third-order valence-corrected chi connectivity index (χ3v) is 2.95. The van der Waals surface area contributed by atoms with E-state index in [1.54, 1.807) is 24.3 Å². The zero-order valence-electron chi connectivity index (χ0n) is 11.7. The Kier molecular flexibility index (Phi) is 4.75. The summed E-state index contributed by atoms with van der Waals surface area (Å²) in [5.41, 5.74) is 2.87. The molecule has 0 saturated carbocycles. The lowest BCUT2D eigenvalue weighted by atomic mass is 10.0. The Morgan fingerprint density at radius 1 is 1.05 bits per heavy atom. The molecule has 2 rings (SSSR count). The van der Waals surface area contributed by atoms with E-state index < -0.39 is 0 Å². The van der Waals surface area contributed by atoms with Gasteiger partial charge in [0.15, 0.2) is 0 Å². The van der Waals surface area contributed by atoms with Crippen LogP contribution in [0, 0.1) is 22.7 Å². The van der Waals surface area contributed by atoms with Crippen LogP contribution in [0.4, 0.5) is 0 Å². The van der Waals surface area contributed by atoms with E-state index in [4.69, 9.17) is 10.00 Å². The Bertz CT molecular complexity index is 714. The molecule has 0 unspecified atom stereocenters. The van der Waals surface area contributed by atoms with Crippen LogP contribution in [0.15, 0.2) is 48.5 Å². The van der Waals surface area contributed by atoms with Crippen molar-refractivity contribution in [1.82, 2.24) is 0 Å². The number of allylic oxidation sites excluding steroid dienone is 1. The summed E-state index contributed by atoms with van der Waals surface area (Å²) in [6.45, 7) is 2.57. The van der Waals surface area contributed by atoms with Gasteiger partial charge in [0.25, 0.3) is 0 Å². The molecule has 0 aliphatic carbocycles. The molecule has 0 aromatic heterocycles. The molecule has 0 radical (unpaired) electrons. The summed E-state index contributed by atoms with van der Waals surface area (Å²) in [6.07, 6.45) is 1.82. The van der Waals surface area contributed by atoms with E-state index in [1.807, 2.05) is 37.3 Å². The van der Waals surface area contributed by atoms with Crippen molar-refractivity contribution in [2.45, 2.75) is 6.92 Å². The molecule has 3 heteroatoms. The maximum absolute atomic E-state index is 9.30. The number of benzene rings is 2. The molecule has 0 saturated heterocycles. The van der Waals surface area contributed by atoms with Crippen LogP contribution >= 0.6 is 0 Å². The first-order valence-corrected chi connectivity index (χ1v) is 6.62. The van der Waals surface area contributed by atoms with Gasteiger partial charge in [-0.15, -0.1) is 0 Å². The minimum Gasteiger partial charge on any atom is -0.494 e. The van der Waals surface area contributed by atoms with Gasteiger partial charge in [-0.2, -0.15) is 10.5 Å².